The summed E-state index contributed by atoms with van der Waals surface area (Å²) in [5.74, 6) is -0.949. The number of rotatable bonds is 4. The van der Waals surface area contributed by atoms with Gasteiger partial charge in [0.2, 0.25) is 0 Å². The average molecular weight is 314 g/mol. The monoisotopic (exact) mass is 314 g/mol. The highest BCUT2D eigenvalue weighted by Crippen LogP contribution is 2.32. The molecular weight excluding hydrogens is 296 g/mol. The zero-order valence-electron chi connectivity index (χ0n) is 12.8. The molecule has 4 nitrogen and oxygen atoms in total. The van der Waals surface area contributed by atoms with Crippen LogP contribution in [0.4, 0.5) is 11.4 Å². The Bertz CT molecular complexity index is 671. The highest BCUT2D eigenvalue weighted by molar-refractivity contribution is 8.00. The van der Waals surface area contributed by atoms with Gasteiger partial charge in [-0.3, -0.25) is 0 Å². The van der Waals surface area contributed by atoms with Crippen LogP contribution in [-0.4, -0.2) is 15.8 Å². The molecule has 0 fully saturated rings. The summed E-state index contributed by atoms with van der Waals surface area (Å²) in [6.45, 7) is 6.52. The summed E-state index contributed by atoms with van der Waals surface area (Å²) in [7, 11) is 0. The van der Waals surface area contributed by atoms with E-state index < -0.39 is 5.97 Å². The lowest BCUT2D eigenvalue weighted by atomic mass is 10.2. The molecular formula is C17H18N2O2S. The number of thioether (sulfide) groups is 1. The van der Waals surface area contributed by atoms with Crippen LogP contribution in [0.15, 0.2) is 63.7 Å². The first-order chi connectivity index (χ1) is 10.3. The maximum absolute atomic E-state index is 10.8. The molecule has 0 amide bonds. The van der Waals surface area contributed by atoms with E-state index in [9.17, 15) is 4.79 Å². The first-order valence-corrected chi connectivity index (χ1v) is 7.69. The Morgan fingerprint density at radius 1 is 0.909 bits per heavy atom. The lowest BCUT2D eigenvalue weighted by Gasteiger charge is -2.17. The predicted octanol–water partition coefficient (Wildman–Crippen LogP) is 5.69. The molecule has 0 spiro atoms. The number of aromatic carboxylic acids is 1. The molecule has 5 heteroatoms. The summed E-state index contributed by atoms with van der Waals surface area (Å²) < 4.78 is 0.176. The second kappa shape index (κ2) is 6.75. The normalized spacial score (nSPS) is 11.8. The van der Waals surface area contributed by atoms with Crippen LogP contribution in [-0.2, 0) is 0 Å². The second-order valence-corrected chi connectivity index (χ2v) is 7.66. The molecule has 0 aliphatic carbocycles. The highest BCUT2D eigenvalue weighted by Gasteiger charge is 2.11. The van der Waals surface area contributed by atoms with Crippen molar-refractivity contribution < 1.29 is 9.90 Å². The van der Waals surface area contributed by atoms with Crippen LogP contribution in [0.3, 0.4) is 0 Å². The fraction of sp³-hybridized carbons (Fsp3) is 0.235. The largest absolute Gasteiger partial charge is 0.478 e. The maximum Gasteiger partial charge on any atom is 0.335 e. The van der Waals surface area contributed by atoms with Crippen LogP contribution in [0.5, 0.6) is 0 Å². The summed E-state index contributed by atoms with van der Waals surface area (Å²) in [5, 5.41) is 17.1. The number of hydrogen-bond acceptors (Lipinski definition) is 4. The van der Waals surface area contributed by atoms with Crippen molar-refractivity contribution in [1.82, 2.24) is 0 Å². The Hall–Kier alpha value is -2.14. The van der Waals surface area contributed by atoms with Gasteiger partial charge in [-0.15, -0.1) is 11.8 Å². The molecule has 0 aliphatic rings. The van der Waals surface area contributed by atoms with E-state index in [4.69, 9.17) is 5.11 Å². The van der Waals surface area contributed by atoms with Gasteiger partial charge in [-0.05, 0) is 48.5 Å². The molecule has 0 atom stereocenters. The molecule has 2 rings (SSSR count). The van der Waals surface area contributed by atoms with E-state index in [1.165, 1.54) is 17.0 Å². The number of nitrogens with zero attached hydrogens (tertiary/aromatic N) is 2. The third-order valence-electron chi connectivity index (χ3n) is 2.66. The topological polar surface area (TPSA) is 62.0 Å². The average Bonchev–Trinajstić information content (AvgIpc) is 2.45. The van der Waals surface area contributed by atoms with Crippen LogP contribution >= 0.6 is 11.8 Å². The van der Waals surface area contributed by atoms with E-state index in [1.807, 2.05) is 24.3 Å². The Kier molecular flexibility index (Phi) is 4.98. The van der Waals surface area contributed by atoms with Gasteiger partial charge < -0.3 is 5.11 Å². The van der Waals surface area contributed by atoms with Crippen LogP contribution < -0.4 is 0 Å². The molecule has 0 radical (unpaired) electrons. The molecule has 0 aliphatic heterocycles. The van der Waals surface area contributed by atoms with Gasteiger partial charge in [0.25, 0.3) is 0 Å². The number of carboxylic acids is 1. The summed E-state index contributed by atoms with van der Waals surface area (Å²) in [6, 6.07) is 14.2. The van der Waals surface area contributed by atoms with E-state index >= 15 is 0 Å². The van der Waals surface area contributed by atoms with Crippen LogP contribution in [0.1, 0.15) is 31.1 Å². The number of carboxylic acid groups (broad SMARTS) is 1. The second-order valence-electron chi connectivity index (χ2n) is 5.76. The van der Waals surface area contributed by atoms with E-state index in [0.717, 1.165) is 5.69 Å². The van der Waals surface area contributed by atoms with Gasteiger partial charge in [0.1, 0.15) is 0 Å². The minimum absolute atomic E-state index is 0.176. The Morgan fingerprint density at radius 3 is 1.77 bits per heavy atom. The molecule has 1 N–H and O–H groups in total. The quantitative estimate of drug-likeness (QED) is 0.582. The van der Waals surface area contributed by atoms with Gasteiger partial charge in [0, 0.05) is 9.64 Å². The first-order valence-electron chi connectivity index (χ1n) is 6.88. The smallest absolute Gasteiger partial charge is 0.335 e. The van der Waals surface area contributed by atoms with Gasteiger partial charge >= 0.3 is 5.97 Å². The van der Waals surface area contributed by atoms with Crippen molar-refractivity contribution in [2.45, 2.75) is 30.4 Å². The lowest BCUT2D eigenvalue weighted by molar-refractivity contribution is 0.0697. The third kappa shape index (κ3) is 5.00. The third-order valence-corrected chi connectivity index (χ3v) is 3.78. The van der Waals surface area contributed by atoms with Gasteiger partial charge in [0.05, 0.1) is 16.9 Å². The minimum atomic E-state index is -0.949. The van der Waals surface area contributed by atoms with Crippen molar-refractivity contribution in [3.8, 4) is 0 Å². The van der Waals surface area contributed by atoms with Gasteiger partial charge in [-0.2, -0.15) is 10.2 Å². The zero-order valence-corrected chi connectivity index (χ0v) is 13.6. The summed E-state index contributed by atoms with van der Waals surface area (Å²) in [6.07, 6.45) is 0. The molecule has 22 heavy (non-hydrogen) atoms. The van der Waals surface area contributed by atoms with Crippen LogP contribution in [0, 0.1) is 0 Å². The fourth-order valence-corrected chi connectivity index (χ4v) is 2.70. The molecule has 0 bridgehead atoms. The van der Waals surface area contributed by atoms with Gasteiger partial charge in [0.15, 0.2) is 0 Å². The molecule has 0 aromatic heterocycles. The molecule has 2 aromatic carbocycles. The Labute approximate surface area is 134 Å². The molecule has 0 saturated carbocycles. The maximum atomic E-state index is 10.8. The molecule has 114 valence electrons. The van der Waals surface area contributed by atoms with Gasteiger partial charge in [-0.25, -0.2) is 4.79 Å². The molecule has 0 heterocycles. The van der Waals surface area contributed by atoms with Crippen molar-refractivity contribution in [2.24, 2.45) is 10.2 Å². The lowest BCUT2D eigenvalue weighted by Crippen LogP contribution is -2.06. The zero-order chi connectivity index (χ0) is 16.2. The van der Waals surface area contributed by atoms with Crippen molar-refractivity contribution >= 4 is 29.1 Å². The molecule has 0 unspecified atom stereocenters. The van der Waals surface area contributed by atoms with Crippen molar-refractivity contribution in [3.63, 3.8) is 0 Å². The van der Waals surface area contributed by atoms with E-state index in [2.05, 4.69) is 31.0 Å². The van der Waals surface area contributed by atoms with Crippen molar-refractivity contribution in [1.29, 1.82) is 0 Å². The minimum Gasteiger partial charge on any atom is -0.478 e. The van der Waals surface area contributed by atoms with Crippen LogP contribution in [0.25, 0.3) is 0 Å². The molecule has 0 saturated heterocycles. The van der Waals surface area contributed by atoms with E-state index in [-0.39, 0.29) is 10.3 Å². The number of carbonyl (C=O) groups is 1. The predicted molar refractivity (Wildman–Crippen MR) is 89.6 cm³/mol. The Balaban J connectivity index is 2.05. The van der Waals surface area contributed by atoms with Gasteiger partial charge in [-0.1, -0.05) is 20.8 Å². The van der Waals surface area contributed by atoms with E-state index in [0.29, 0.717) is 5.69 Å². The number of azo groups is 1. The Morgan fingerprint density at radius 2 is 1.36 bits per heavy atom. The van der Waals surface area contributed by atoms with E-state index in [1.54, 1.807) is 23.9 Å². The molecule has 2 aromatic rings. The number of hydrogen-bond donors (Lipinski definition) is 1. The summed E-state index contributed by atoms with van der Waals surface area (Å²) in [5.41, 5.74) is 1.63. The highest BCUT2D eigenvalue weighted by atomic mass is 32.2. The van der Waals surface area contributed by atoms with Crippen molar-refractivity contribution in [3.05, 3.63) is 54.1 Å². The van der Waals surface area contributed by atoms with Crippen LogP contribution in [0.2, 0.25) is 0 Å². The SMILES string of the molecule is CC(C)(C)Sc1ccc(/N=N/c2ccc(C(=O)O)cc2)cc1. The summed E-state index contributed by atoms with van der Waals surface area (Å²) in [4.78, 5) is 12.0. The number of benzene rings is 2. The van der Waals surface area contributed by atoms with Crippen molar-refractivity contribution in [2.75, 3.05) is 0 Å². The standard InChI is InChI=1S/C17H18N2O2S/c1-17(2,3)22-15-10-8-14(9-11-15)19-18-13-6-4-12(5-7-13)16(20)21/h4-11H,1-3H3,(H,20,21)/b19-18+. The summed E-state index contributed by atoms with van der Waals surface area (Å²) >= 11 is 1.80. The fourth-order valence-electron chi connectivity index (χ4n) is 1.72. The first kappa shape index (κ1) is 16.2.